The summed E-state index contributed by atoms with van der Waals surface area (Å²) in [6.07, 6.45) is -1.12. The molecule has 2 aromatic carbocycles. The smallest absolute Gasteiger partial charge is 0.414 e. The second-order valence-corrected chi connectivity index (χ2v) is 14.8. The van der Waals surface area contributed by atoms with Crippen LogP contribution in [-0.4, -0.2) is 47.9 Å². The Bertz CT molecular complexity index is 994. The number of carboxylic acids is 1. The number of hydrogen-bond donors (Lipinski definition) is 2. The summed E-state index contributed by atoms with van der Waals surface area (Å²) in [4.78, 5) is 36.6. The summed E-state index contributed by atoms with van der Waals surface area (Å²) in [5.74, 6) is -1.34. The maximum Gasteiger partial charge on any atom is 0.414 e. The fraction of sp³-hybridized carbons (Fsp3) is 0.423. The van der Waals surface area contributed by atoms with E-state index in [4.69, 9.17) is 4.43 Å². The fourth-order valence-corrected chi connectivity index (χ4v) is 10.1. The molecular formula is C26H35NO6Si. The summed E-state index contributed by atoms with van der Waals surface area (Å²) < 4.78 is 6.66. The number of nitrogens with zero attached hydrogens (tertiary/aromatic N) is 1. The molecule has 0 aliphatic heterocycles. The maximum absolute atomic E-state index is 12.8. The van der Waals surface area contributed by atoms with Crippen LogP contribution in [0, 0.1) is 0 Å². The number of amides is 2. The predicted molar refractivity (Wildman–Crippen MR) is 134 cm³/mol. The van der Waals surface area contributed by atoms with Gasteiger partial charge in [0.15, 0.2) is 0 Å². The second-order valence-electron chi connectivity index (χ2n) is 9.40. The lowest BCUT2D eigenvalue weighted by Gasteiger charge is -2.42. The lowest BCUT2D eigenvalue weighted by atomic mass is 10.1. The van der Waals surface area contributed by atoms with Crippen LogP contribution in [0.4, 0.5) is 4.79 Å². The van der Waals surface area contributed by atoms with E-state index in [1.807, 2.05) is 24.3 Å². The minimum absolute atomic E-state index is 0.0923. The van der Waals surface area contributed by atoms with E-state index in [1.54, 1.807) is 0 Å². The quantitative estimate of drug-likeness (QED) is 0.383. The molecule has 34 heavy (non-hydrogen) atoms. The number of carbonyl (C=O) groups excluding carboxylic acids is 1. The van der Waals surface area contributed by atoms with Crippen LogP contribution in [0.2, 0.25) is 16.6 Å². The van der Waals surface area contributed by atoms with Gasteiger partial charge in [-0.3, -0.25) is 4.79 Å². The molecule has 0 unspecified atom stereocenters. The van der Waals surface area contributed by atoms with Crippen molar-refractivity contribution in [2.75, 3.05) is 6.54 Å². The third kappa shape index (κ3) is 5.86. The Hall–Kier alpha value is -3.13. The first kappa shape index (κ1) is 27.1. The molecule has 2 aromatic rings. The number of aromatic carboxylic acids is 1. The number of benzene rings is 2. The topological polar surface area (TPSA) is 104 Å². The molecule has 0 radical (unpaired) electrons. The van der Waals surface area contributed by atoms with Gasteiger partial charge >= 0.3 is 12.1 Å². The van der Waals surface area contributed by atoms with E-state index in [0.29, 0.717) is 27.9 Å². The summed E-state index contributed by atoms with van der Waals surface area (Å²) in [5.41, 5.74) is 1.79. The van der Waals surface area contributed by atoms with Crippen molar-refractivity contribution in [1.82, 2.24) is 4.90 Å². The van der Waals surface area contributed by atoms with Gasteiger partial charge in [-0.15, -0.1) is 0 Å². The number of rotatable bonds is 10. The SMILES string of the molecule is CC(C)[Si](Oc1ccc(CCN(C(=O)O)C(=O)c2ccccc2C(=O)O)cc1)(C(C)C)C(C)C. The molecule has 0 aromatic heterocycles. The molecule has 0 bridgehead atoms. The fourth-order valence-electron chi connectivity index (χ4n) is 4.81. The largest absolute Gasteiger partial charge is 0.543 e. The Balaban J connectivity index is 2.18. The monoisotopic (exact) mass is 485 g/mol. The van der Waals surface area contributed by atoms with Crippen LogP contribution < -0.4 is 4.43 Å². The minimum Gasteiger partial charge on any atom is -0.543 e. The van der Waals surface area contributed by atoms with E-state index >= 15 is 0 Å². The minimum atomic E-state index is -2.08. The normalized spacial score (nSPS) is 11.7. The zero-order valence-corrected chi connectivity index (χ0v) is 21.7. The second kappa shape index (κ2) is 11.3. The first-order chi connectivity index (χ1) is 15.9. The van der Waals surface area contributed by atoms with Gasteiger partial charge in [0.2, 0.25) is 0 Å². The molecule has 0 fully saturated rings. The highest BCUT2D eigenvalue weighted by molar-refractivity contribution is 6.78. The third-order valence-corrected chi connectivity index (χ3v) is 12.4. The highest BCUT2D eigenvalue weighted by Gasteiger charge is 2.46. The Labute approximate surface area is 202 Å². The Morgan fingerprint density at radius 1 is 0.824 bits per heavy atom. The number of carboxylic acid groups (broad SMARTS) is 2. The molecule has 7 nitrogen and oxygen atoms in total. The third-order valence-electron chi connectivity index (χ3n) is 6.41. The molecule has 0 aliphatic rings. The molecule has 8 heteroatoms. The molecule has 2 amide bonds. The number of hydrogen-bond acceptors (Lipinski definition) is 4. The summed E-state index contributed by atoms with van der Waals surface area (Å²) in [6.45, 7) is 13.2. The van der Waals surface area contributed by atoms with Crippen molar-refractivity contribution in [2.45, 2.75) is 64.6 Å². The van der Waals surface area contributed by atoms with E-state index in [9.17, 15) is 24.6 Å². The Morgan fingerprint density at radius 3 is 1.76 bits per heavy atom. The average Bonchev–Trinajstić information content (AvgIpc) is 2.77. The lowest BCUT2D eigenvalue weighted by Crippen LogP contribution is -2.50. The highest BCUT2D eigenvalue weighted by atomic mass is 28.4. The van der Waals surface area contributed by atoms with Crippen molar-refractivity contribution in [3.05, 3.63) is 65.2 Å². The van der Waals surface area contributed by atoms with Gasteiger partial charge in [0, 0.05) is 6.54 Å². The molecule has 184 valence electrons. The predicted octanol–water partition coefficient (Wildman–Crippen LogP) is 6.30. The van der Waals surface area contributed by atoms with Gasteiger partial charge in [-0.1, -0.05) is 65.8 Å². The van der Waals surface area contributed by atoms with Crippen LogP contribution in [0.5, 0.6) is 5.75 Å². The van der Waals surface area contributed by atoms with Crippen molar-refractivity contribution in [1.29, 1.82) is 0 Å². The van der Waals surface area contributed by atoms with Gasteiger partial charge in [-0.2, -0.15) is 0 Å². The zero-order valence-electron chi connectivity index (χ0n) is 20.7. The van der Waals surface area contributed by atoms with Gasteiger partial charge in [-0.05, 0) is 52.9 Å². The Morgan fingerprint density at radius 2 is 1.32 bits per heavy atom. The standard InChI is InChI=1S/C26H35NO6Si/c1-17(2)34(18(3)4,19(5)6)33-21-13-11-20(12-14-21)15-16-27(26(31)32)24(28)22-9-7-8-10-23(22)25(29)30/h7-14,17-19H,15-16H2,1-6H3,(H,29,30)(H,31,32). The molecular weight excluding hydrogens is 450 g/mol. The number of imide groups is 1. The average molecular weight is 486 g/mol. The molecule has 0 spiro atoms. The first-order valence-corrected chi connectivity index (χ1v) is 13.7. The molecule has 0 aliphatic carbocycles. The van der Waals surface area contributed by atoms with Crippen molar-refractivity contribution in [3.8, 4) is 5.75 Å². The summed E-state index contributed by atoms with van der Waals surface area (Å²) in [6, 6.07) is 13.2. The van der Waals surface area contributed by atoms with E-state index in [-0.39, 0.29) is 17.7 Å². The lowest BCUT2D eigenvalue weighted by molar-refractivity contribution is 0.0670. The van der Waals surface area contributed by atoms with Crippen LogP contribution >= 0.6 is 0 Å². The van der Waals surface area contributed by atoms with Crippen molar-refractivity contribution >= 4 is 26.3 Å². The molecule has 0 saturated heterocycles. The van der Waals surface area contributed by atoms with E-state index in [2.05, 4.69) is 41.5 Å². The summed E-state index contributed by atoms with van der Waals surface area (Å²) >= 11 is 0. The van der Waals surface area contributed by atoms with E-state index < -0.39 is 26.3 Å². The van der Waals surface area contributed by atoms with Gasteiger partial charge in [-0.25, -0.2) is 14.5 Å². The first-order valence-electron chi connectivity index (χ1n) is 11.6. The van der Waals surface area contributed by atoms with Crippen molar-refractivity contribution in [3.63, 3.8) is 0 Å². The van der Waals surface area contributed by atoms with Crippen molar-refractivity contribution < 1.29 is 29.0 Å². The Kier molecular flexibility index (Phi) is 9.04. The van der Waals surface area contributed by atoms with Crippen LogP contribution in [0.3, 0.4) is 0 Å². The van der Waals surface area contributed by atoms with Crippen molar-refractivity contribution in [2.24, 2.45) is 0 Å². The highest BCUT2D eigenvalue weighted by Crippen LogP contribution is 2.42. The number of carbonyl (C=O) groups is 3. The molecule has 2 N–H and O–H groups in total. The van der Waals surface area contributed by atoms with Crippen LogP contribution in [0.1, 0.15) is 67.8 Å². The van der Waals surface area contributed by atoms with Gasteiger partial charge < -0.3 is 14.6 Å². The van der Waals surface area contributed by atoms with Crippen LogP contribution in [0.25, 0.3) is 0 Å². The molecule has 2 rings (SSSR count). The molecule has 0 atom stereocenters. The summed E-state index contributed by atoms with van der Waals surface area (Å²) in [7, 11) is -2.08. The summed E-state index contributed by atoms with van der Waals surface area (Å²) in [5, 5.41) is 18.9. The van der Waals surface area contributed by atoms with Crippen LogP contribution in [0.15, 0.2) is 48.5 Å². The van der Waals surface area contributed by atoms with E-state index in [1.165, 1.54) is 24.3 Å². The van der Waals surface area contributed by atoms with Gasteiger partial charge in [0.25, 0.3) is 14.2 Å². The van der Waals surface area contributed by atoms with Gasteiger partial charge in [0.05, 0.1) is 11.1 Å². The maximum atomic E-state index is 12.8. The molecule has 0 heterocycles. The zero-order chi connectivity index (χ0) is 25.6. The van der Waals surface area contributed by atoms with Crippen LogP contribution in [-0.2, 0) is 6.42 Å². The molecule has 0 saturated carbocycles. The van der Waals surface area contributed by atoms with E-state index in [0.717, 1.165) is 11.3 Å². The van der Waals surface area contributed by atoms with Gasteiger partial charge in [0.1, 0.15) is 5.75 Å².